The van der Waals surface area contributed by atoms with E-state index in [2.05, 4.69) is 5.32 Å². The number of fused-ring (bicyclic) bond motifs is 1. The van der Waals surface area contributed by atoms with Gasteiger partial charge in [0.1, 0.15) is 5.76 Å². The van der Waals surface area contributed by atoms with Crippen molar-refractivity contribution in [1.29, 1.82) is 0 Å². The summed E-state index contributed by atoms with van der Waals surface area (Å²) in [4.78, 5) is 10.7. The Bertz CT molecular complexity index is 305. The van der Waals surface area contributed by atoms with Crippen LogP contribution in [0.25, 0.3) is 0 Å². The number of hydrogen-bond donors (Lipinski definition) is 2. The Balaban J connectivity index is 2.37. The molecule has 0 bridgehead atoms. The molecule has 1 aromatic rings. The second kappa shape index (κ2) is 2.64. The highest BCUT2D eigenvalue weighted by atomic mass is 16.4. The van der Waals surface area contributed by atoms with Gasteiger partial charge in [0.2, 0.25) is 0 Å². The predicted octanol–water partition coefficient (Wildman–Crippen LogP) is 0.551. The largest absolute Gasteiger partial charge is 0.480 e. The van der Waals surface area contributed by atoms with Crippen LogP contribution in [0.15, 0.2) is 16.7 Å². The summed E-state index contributed by atoms with van der Waals surface area (Å²) in [5.74, 6) is -0.334. The van der Waals surface area contributed by atoms with Gasteiger partial charge in [0.15, 0.2) is 6.04 Å². The average Bonchev–Trinajstić information content (AvgIpc) is 2.49. The third-order valence-corrected chi connectivity index (χ3v) is 2.03. The van der Waals surface area contributed by atoms with Crippen molar-refractivity contribution in [2.24, 2.45) is 0 Å². The summed E-state index contributed by atoms with van der Waals surface area (Å²) in [5.41, 5.74) is 1.00. The molecule has 0 amide bonds. The van der Waals surface area contributed by atoms with Crippen LogP contribution in [-0.4, -0.2) is 17.6 Å². The lowest BCUT2D eigenvalue weighted by atomic mass is 10.0. The molecule has 64 valence electrons. The van der Waals surface area contributed by atoms with Crippen molar-refractivity contribution in [3.8, 4) is 0 Å². The van der Waals surface area contributed by atoms with Crippen molar-refractivity contribution < 1.29 is 14.3 Å². The monoisotopic (exact) mass is 167 g/mol. The van der Waals surface area contributed by atoms with Gasteiger partial charge in [0, 0.05) is 6.54 Å². The zero-order valence-electron chi connectivity index (χ0n) is 6.41. The fraction of sp³-hybridized carbons (Fsp3) is 0.375. The molecule has 4 heteroatoms. The molecule has 1 unspecified atom stereocenters. The van der Waals surface area contributed by atoms with Gasteiger partial charge < -0.3 is 9.52 Å². The number of carboxylic acids is 1. The van der Waals surface area contributed by atoms with Gasteiger partial charge in [-0.1, -0.05) is 0 Å². The summed E-state index contributed by atoms with van der Waals surface area (Å²) in [6, 6.07) is 1.16. The van der Waals surface area contributed by atoms with E-state index in [1.54, 1.807) is 0 Å². The van der Waals surface area contributed by atoms with E-state index in [9.17, 15) is 4.79 Å². The van der Waals surface area contributed by atoms with Gasteiger partial charge in [-0.3, -0.25) is 10.1 Å². The van der Waals surface area contributed by atoms with Crippen molar-refractivity contribution in [3.63, 3.8) is 0 Å². The SMILES string of the molecule is O=C(O)C1NCCc2ccoc21. The fourth-order valence-corrected chi connectivity index (χ4v) is 1.45. The maximum atomic E-state index is 10.7. The lowest BCUT2D eigenvalue weighted by Gasteiger charge is -2.18. The van der Waals surface area contributed by atoms with Crippen LogP contribution in [0.1, 0.15) is 17.4 Å². The minimum atomic E-state index is -0.883. The van der Waals surface area contributed by atoms with Gasteiger partial charge in [-0.2, -0.15) is 0 Å². The summed E-state index contributed by atoms with van der Waals surface area (Å²) in [7, 11) is 0. The number of nitrogens with one attached hydrogen (secondary N) is 1. The maximum Gasteiger partial charge on any atom is 0.328 e. The zero-order chi connectivity index (χ0) is 8.55. The van der Waals surface area contributed by atoms with Crippen LogP contribution < -0.4 is 5.32 Å². The third kappa shape index (κ3) is 1.00. The summed E-state index contributed by atoms with van der Waals surface area (Å²) in [6.45, 7) is 0.698. The number of aliphatic carboxylic acids is 1. The zero-order valence-corrected chi connectivity index (χ0v) is 6.41. The average molecular weight is 167 g/mol. The van der Waals surface area contributed by atoms with Crippen molar-refractivity contribution in [3.05, 3.63) is 23.7 Å². The molecule has 1 aliphatic heterocycles. The summed E-state index contributed by atoms with van der Waals surface area (Å²) < 4.78 is 5.09. The van der Waals surface area contributed by atoms with Crippen LogP contribution in [0, 0.1) is 0 Å². The van der Waals surface area contributed by atoms with Crippen LogP contribution >= 0.6 is 0 Å². The molecular weight excluding hydrogens is 158 g/mol. The number of carbonyl (C=O) groups is 1. The van der Waals surface area contributed by atoms with Gasteiger partial charge in [-0.05, 0) is 18.1 Å². The second-order valence-corrected chi connectivity index (χ2v) is 2.79. The minimum absolute atomic E-state index is 0.550. The number of rotatable bonds is 1. The fourth-order valence-electron chi connectivity index (χ4n) is 1.45. The van der Waals surface area contributed by atoms with Gasteiger partial charge in [0.05, 0.1) is 6.26 Å². The Labute approximate surface area is 69.2 Å². The van der Waals surface area contributed by atoms with Crippen LogP contribution in [-0.2, 0) is 11.2 Å². The third-order valence-electron chi connectivity index (χ3n) is 2.03. The van der Waals surface area contributed by atoms with Crippen molar-refractivity contribution in [1.82, 2.24) is 5.32 Å². The van der Waals surface area contributed by atoms with E-state index < -0.39 is 12.0 Å². The Morgan fingerprint density at radius 1 is 1.75 bits per heavy atom. The van der Waals surface area contributed by atoms with E-state index >= 15 is 0 Å². The van der Waals surface area contributed by atoms with Gasteiger partial charge in [0.25, 0.3) is 0 Å². The summed E-state index contributed by atoms with van der Waals surface area (Å²) in [6.07, 6.45) is 2.38. The molecule has 2 heterocycles. The van der Waals surface area contributed by atoms with E-state index in [-0.39, 0.29) is 0 Å². The highest BCUT2D eigenvalue weighted by molar-refractivity contribution is 5.75. The first-order valence-corrected chi connectivity index (χ1v) is 3.81. The topological polar surface area (TPSA) is 62.5 Å². The first-order chi connectivity index (χ1) is 5.79. The lowest BCUT2D eigenvalue weighted by Crippen LogP contribution is -2.34. The molecule has 0 fully saturated rings. The molecule has 0 spiro atoms. The van der Waals surface area contributed by atoms with Crippen LogP contribution in [0.5, 0.6) is 0 Å². The lowest BCUT2D eigenvalue weighted by molar-refractivity contribution is -0.140. The Morgan fingerprint density at radius 3 is 3.33 bits per heavy atom. The molecule has 0 aromatic carbocycles. The molecule has 1 aromatic heterocycles. The Morgan fingerprint density at radius 2 is 2.58 bits per heavy atom. The first kappa shape index (κ1) is 7.36. The molecule has 4 nitrogen and oxygen atoms in total. The smallest absolute Gasteiger partial charge is 0.328 e. The highest BCUT2D eigenvalue weighted by Gasteiger charge is 2.28. The van der Waals surface area contributed by atoms with Gasteiger partial charge in [-0.15, -0.1) is 0 Å². The van der Waals surface area contributed by atoms with Crippen LogP contribution in [0.4, 0.5) is 0 Å². The molecule has 1 atom stereocenters. The summed E-state index contributed by atoms with van der Waals surface area (Å²) in [5, 5.41) is 11.6. The van der Waals surface area contributed by atoms with E-state index in [0.29, 0.717) is 12.3 Å². The molecule has 0 saturated carbocycles. The minimum Gasteiger partial charge on any atom is -0.480 e. The Hall–Kier alpha value is -1.29. The van der Waals surface area contributed by atoms with E-state index in [0.717, 1.165) is 12.0 Å². The van der Waals surface area contributed by atoms with Crippen LogP contribution in [0.3, 0.4) is 0 Å². The quantitative estimate of drug-likeness (QED) is 0.641. The second-order valence-electron chi connectivity index (χ2n) is 2.79. The van der Waals surface area contributed by atoms with E-state index in [1.165, 1.54) is 6.26 Å². The number of furan rings is 1. The first-order valence-electron chi connectivity index (χ1n) is 3.81. The highest BCUT2D eigenvalue weighted by Crippen LogP contribution is 2.23. The van der Waals surface area contributed by atoms with E-state index in [4.69, 9.17) is 9.52 Å². The summed E-state index contributed by atoms with van der Waals surface area (Å²) >= 11 is 0. The molecule has 12 heavy (non-hydrogen) atoms. The van der Waals surface area contributed by atoms with Gasteiger partial charge >= 0.3 is 5.97 Å². The normalized spacial score (nSPS) is 21.8. The molecule has 0 radical (unpaired) electrons. The van der Waals surface area contributed by atoms with Crippen LogP contribution in [0.2, 0.25) is 0 Å². The molecule has 0 saturated heterocycles. The van der Waals surface area contributed by atoms with Crippen molar-refractivity contribution in [2.75, 3.05) is 6.54 Å². The predicted molar refractivity (Wildman–Crippen MR) is 40.8 cm³/mol. The molecule has 0 aliphatic carbocycles. The molecule has 2 N–H and O–H groups in total. The number of carboxylic acid groups (broad SMARTS) is 1. The van der Waals surface area contributed by atoms with Crippen molar-refractivity contribution in [2.45, 2.75) is 12.5 Å². The number of hydrogen-bond acceptors (Lipinski definition) is 3. The molecular formula is C8H9NO3. The van der Waals surface area contributed by atoms with E-state index in [1.807, 2.05) is 6.07 Å². The van der Waals surface area contributed by atoms with Crippen molar-refractivity contribution >= 4 is 5.97 Å². The molecule has 1 aliphatic rings. The standard InChI is InChI=1S/C8H9NO3/c10-8(11)6-7-5(1-3-9-6)2-4-12-7/h2,4,6,9H,1,3H2,(H,10,11). The van der Waals surface area contributed by atoms with Gasteiger partial charge in [-0.25, -0.2) is 0 Å². The Kier molecular flexibility index (Phi) is 1.62. The molecule has 2 rings (SSSR count). The maximum absolute atomic E-state index is 10.7.